The van der Waals surface area contributed by atoms with Crippen molar-refractivity contribution in [3.05, 3.63) is 240 Å². The summed E-state index contributed by atoms with van der Waals surface area (Å²) in [7, 11) is 0. The highest BCUT2D eigenvalue weighted by Crippen LogP contribution is 2.64. The maximum Gasteiger partial charge on any atom is 0.137 e. The van der Waals surface area contributed by atoms with E-state index in [9.17, 15) is 0 Å². The molecule has 1 aliphatic carbocycles. The van der Waals surface area contributed by atoms with Crippen LogP contribution in [0.4, 0.5) is 34.1 Å². The molecule has 0 bridgehead atoms. The number of benzene rings is 9. The standard InChI is InChI=1S/C57H40N2O2/c1-37-22-26-39(27-23-37)58(40-28-24-38(2)25-29-40)41-30-32-42(33-31-41)59(43-34-35-45-44-12-4-8-19-52(44)60-55(45)36-43)51-18-11-17-50-56(51)46-13-3-5-14-47(46)57(50)48-15-6-9-20-53(48)61-54-21-10-7-16-49(54)57/h3-36H,1-2H3. The van der Waals surface area contributed by atoms with E-state index in [0.29, 0.717) is 0 Å². The highest BCUT2D eigenvalue weighted by molar-refractivity contribution is 6.07. The topological polar surface area (TPSA) is 28.9 Å². The minimum Gasteiger partial charge on any atom is -0.457 e. The Kier molecular flexibility index (Phi) is 7.85. The fourth-order valence-corrected chi connectivity index (χ4v) is 9.94. The number of hydrogen-bond donors (Lipinski definition) is 0. The van der Waals surface area contributed by atoms with Crippen molar-refractivity contribution in [3.8, 4) is 22.6 Å². The van der Waals surface area contributed by atoms with Crippen LogP contribution < -0.4 is 14.5 Å². The second-order valence-corrected chi connectivity index (χ2v) is 16.2. The molecular formula is C57H40N2O2. The lowest BCUT2D eigenvalue weighted by Gasteiger charge is -2.39. The van der Waals surface area contributed by atoms with Crippen LogP contribution in [0.1, 0.15) is 33.4 Å². The average molecular weight is 785 g/mol. The summed E-state index contributed by atoms with van der Waals surface area (Å²) in [5, 5.41) is 2.21. The first-order valence-electron chi connectivity index (χ1n) is 20.9. The van der Waals surface area contributed by atoms with Gasteiger partial charge in [0, 0.05) is 62.0 Å². The van der Waals surface area contributed by atoms with Crippen molar-refractivity contribution in [3.63, 3.8) is 0 Å². The van der Waals surface area contributed by atoms with Crippen molar-refractivity contribution < 1.29 is 9.15 Å². The molecule has 1 aliphatic heterocycles. The number of aryl methyl sites for hydroxylation is 2. The molecule has 1 aromatic heterocycles. The van der Waals surface area contributed by atoms with Gasteiger partial charge < -0.3 is 19.0 Å². The number of para-hydroxylation sites is 3. The van der Waals surface area contributed by atoms with Gasteiger partial charge >= 0.3 is 0 Å². The van der Waals surface area contributed by atoms with Crippen LogP contribution in [0.3, 0.4) is 0 Å². The summed E-state index contributed by atoms with van der Waals surface area (Å²) in [5.41, 5.74) is 17.2. The van der Waals surface area contributed by atoms with E-state index in [1.165, 1.54) is 33.4 Å². The number of ether oxygens (including phenoxy) is 1. The van der Waals surface area contributed by atoms with Crippen LogP contribution in [-0.2, 0) is 5.41 Å². The Hall–Kier alpha value is -7.82. The molecule has 1 spiro atoms. The van der Waals surface area contributed by atoms with Crippen molar-refractivity contribution in [1.29, 1.82) is 0 Å². The zero-order chi connectivity index (χ0) is 40.7. The van der Waals surface area contributed by atoms with Crippen molar-refractivity contribution in [1.82, 2.24) is 0 Å². The van der Waals surface area contributed by atoms with Crippen LogP contribution >= 0.6 is 0 Å². The van der Waals surface area contributed by atoms with E-state index < -0.39 is 5.41 Å². The summed E-state index contributed by atoms with van der Waals surface area (Å²) in [5.74, 6) is 1.76. The highest BCUT2D eigenvalue weighted by atomic mass is 16.5. The molecule has 0 saturated heterocycles. The van der Waals surface area contributed by atoms with Gasteiger partial charge in [-0.15, -0.1) is 0 Å². The molecule has 0 radical (unpaired) electrons. The predicted octanol–water partition coefficient (Wildman–Crippen LogP) is 15.6. The Bertz CT molecular complexity index is 3220. The third-order valence-electron chi connectivity index (χ3n) is 12.7. The summed E-state index contributed by atoms with van der Waals surface area (Å²) < 4.78 is 13.2. The van der Waals surface area contributed by atoms with Crippen molar-refractivity contribution >= 4 is 56.1 Å². The first kappa shape index (κ1) is 35.2. The van der Waals surface area contributed by atoms with Crippen LogP contribution in [0, 0.1) is 13.8 Å². The van der Waals surface area contributed by atoms with Crippen LogP contribution in [0.5, 0.6) is 11.5 Å². The molecule has 12 rings (SSSR count). The number of fused-ring (bicyclic) bond motifs is 12. The number of rotatable bonds is 6. The summed E-state index contributed by atoms with van der Waals surface area (Å²) in [4.78, 5) is 4.73. The normalized spacial score (nSPS) is 13.0. The molecule has 2 aliphatic rings. The molecule has 9 aromatic carbocycles. The Balaban J connectivity index is 1.10. The lowest BCUT2D eigenvalue weighted by molar-refractivity contribution is 0.436. The van der Waals surface area contributed by atoms with Crippen molar-refractivity contribution in [2.24, 2.45) is 0 Å². The van der Waals surface area contributed by atoms with Crippen molar-refractivity contribution in [2.45, 2.75) is 19.3 Å². The number of nitrogens with zero attached hydrogens (tertiary/aromatic N) is 2. The fraction of sp³-hybridized carbons (Fsp3) is 0.0526. The third kappa shape index (κ3) is 5.32. The van der Waals surface area contributed by atoms with Gasteiger partial charge in [0.05, 0.1) is 11.1 Å². The maximum atomic E-state index is 6.66. The Morgan fingerprint density at radius 2 is 0.869 bits per heavy atom. The van der Waals surface area contributed by atoms with Crippen LogP contribution in [0.15, 0.2) is 211 Å². The van der Waals surface area contributed by atoms with Gasteiger partial charge in [-0.3, -0.25) is 0 Å². The molecule has 0 atom stereocenters. The van der Waals surface area contributed by atoms with E-state index in [1.54, 1.807) is 0 Å². The fourth-order valence-electron chi connectivity index (χ4n) is 9.94. The second-order valence-electron chi connectivity index (χ2n) is 16.2. The average Bonchev–Trinajstić information content (AvgIpc) is 3.82. The van der Waals surface area contributed by atoms with Crippen LogP contribution in [0.25, 0.3) is 33.1 Å². The Labute approximate surface area is 355 Å². The van der Waals surface area contributed by atoms with Gasteiger partial charge in [0.2, 0.25) is 0 Å². The van der Waals surface area contributed by atoms with E-state index >= 15 is 0 Å². The zero-order valence-electron chi connectivity index (χ0n) is 33.8. The summed E-state index contributed by atoms with van der Waals surface area (Å²) >= 11 is 0. The van der Waals surface area contributed by atoms with E-state index in [4.69, 9.17) is 9.15 Å². The highest BCUT2D eigenvalue weighted by Gasteiger charge is 2.51. The first-order valence-corrected chi connectivity index (χ1v) is 20.9. The third-order valence-corrected chi connectivity index (χ3v) is 12.7. The minimum absolute atomic E-state index is 0.589. The molecule has 4 heteroatoms. The van der Waals surface area contributed by atoms with Crippen molar-refractivity contribution in [2.75, 3.05) is 9.80 Å². The van der Waals surface area contributed by atoms with Gasteiger partial charge in [0.25, 0.3) is 0 Å². The molecule has 0 N–H and O–H groups in total. The van der Waals surface area contributed by atoms with Gasteiger partial charge in [-0.05, 0) is 115 Å². The van der Waals surface area contributed by atoms with Gasteiger partial charge in [-0.2, -0.15) is 0 Å². The van der Waals surface area contributed by atoms with Crippen LogP contribution in [0.2, 0.25) is 0 Å². The smallest absolute Gasteiger partial charge is 0.137 e. The minimum atomic E-state index is -0.589. The number of hydrogen-bond acceptors (Lipinski definition) is 4. The molecule has 0 unspecified atom stereocenters. The molecule has 4 nitrogen and oxygen atoms in total. The van der Waals surface area contributed by atoms with E-state index in [0.717, 1.165) is 78.7 Å². The lowest BCUT2D eigenvalue weighted by Crippen LogP contribution is -2.32. The second kappa shape index (κ2) is 13.6. The molecule has 290 valence electrons. The quantitative estimate of drug-likeness (QED) is 0.168. The summed E-state index contributed by atoms with van der Waals surface area (Å²) in [6, 6.07) is 74.3. The molecule has 0 amide bonds. The van der Waals surface area contributed by atoms with E-state index in [-0.39, 0.29) is 0 Å². The van der Waals surface area contributed by atoms with E-state index in [1.807, 2.05) is 12.1 Å². The molecule has 0 fully saturated rings. The van der Waals surface area contributed by atoms with Crippen LogP contribution in [-0.4, -0.2) is 0 Å². The zero-order valence-corrected chi connectivity index (χ0v) is 33.8. The number of furan rings is 1. The number of anilines is 6. The summed E-state index contributed by atoms with van der Waals surface area (Å²) in [6.45, 7) is 4.26. The predicted molar refractivity (Wildman–Crippen MR) is 250 cm³/mol. The maximum absolute atomic E-state index is 6.66. The largest absolute Gasteiger partial charge is 0.457 e. The molecule has 2 heterocycles. The van der Waals surface area contributed by atoms with Gasteiger partial charge in [0.15, 0.2) is 0 Å². The molecule has 10 aromatic rings. The Morgan fingerprint density at radius 1 is 0.377 bits per heavy atom. The van der Waals surface area contributed by atoms with Gasteiger partial charge in [-0.1, -0.05) is 126 Å². The Morgan fingerprint density at radius 3 is 1.52 bits per heavy atom. The molecule has 0 saturated carbocycles. The van der Waals surface area contributed by atoms with E-state index in [2.05, 4.69) is 218 Å². The first-order chi connectivity index (χ1) is 30.1. The molecule has 61 heavy (non-hydrogen) atoms. The SMILES string of the molecule is Cc1ccc(N(c2ccc(C)cc2)c2ccc(N(c3ccc4c(c3)oc3ccccc34)c3cccc4c3-c3ccccc3C43c4ccccc4Oc4ccccc43)cc2)cc1. The lowest BCUT2D eigenvalue weighted by atomic mass is 9.66. The van der Waals surface area contributed by atoms with Gasteiger partial charge in [0.1, 0.15) is 22.7 Å². The molecular weight excluding hydrogens is 745 g/mol. The monoisotopic (exact) mass is 784 g/mol. The van der Waals surface area contributed by atoms with Gasteiger partial charge in [-0.25, -0.2) is 0 Å². The summed E-state index contributed by atoms with van der Waals surface area (Å²) in [6.07, 6.45) is 0.